The highest BCUT2D eigenvalue weighted by Gasteiger charge is 2.31. The molecule has 0 aliphatic carbocycles. The monoisotopic (exact) mass is 197 g/mol. The van der Waals surface area contributed by atoms with Crippen molar-refractivity contribution < 1.29 is 4.79 Å². The molecule has 0 unspecified atom stereocenters. The summed E-state index contributed by atoms with van der Waals surface area (Å²) in [5.41, 5.74) is 0.581. The number of carbonyl (C=O) groups excluding carboxylic acids is 1. The first kappa shape index (κ1) is 13.4. The fraction of sp³-hybridized carbons (Fsp3) is 0.750. The van der Waals surface area contributed by atoms with E-state index in [1.54, 1.807) is 0 Å². The predicted molar refractivity (Wildman–Crippen MR) is 61.4 cm³/mol. The SMILES string of the molecule is C=C(C)CC(=O)C(C)(C)N(CC)CC. The van der Waals surface area contributed by atoms with Gasteiger partial charge in [-0.05, 0) is 33.9 Å². The Kier molecular flexibility index (Phi) is 5.06. The molecule has 0 saturated heterocycles. The molecule has 0 radical (unpaired) electrons. The van der Waals surface area contributed by atoms with Crippen LogP contribution in [0, 0.1) is 0 Å². The summed E-state index contributed by atoms with van der Waals surface area (Å²) in [6, 6.07) is 0. The first-order chi connectivity index (χ1) is 6.36. The van der Waals surface area contributed by atoms with Gasteiger partial charge in [-0.15, -0.1) is 0 Å². The van der Waals surface area contributed by atoms with Gasteiger partial charge in [0.15, 0.2) is 5.78 Å². The minimum absolute atomic E-state index is 0.258. The Labute approximate surface area is 88.0 Å². The van der Waals surface area contributed by atoms with Crippen molar-refractivity contribution in [2.75, 3.05) is 13.1 Å². The van der Waals surface area contributed by atoms with Crippen molar-refractivity contribution in [2.45, 2.75) is 46.6 Å². The van der Waals surface area contributed by atoms with Crippen molar-refractivity contribution in [1.82, 2.24) is 4.90 Å². The molecule has 0 aromatic heterocycles. The number of hydrogen-bond donors (Lipinski definition) is 0. The predicted octanol–water partition coefficient (Wildman–Crippen LogP) is 2.64. The van der Waals surface area contributed by atoms with E-state index in [4.69, 9.17) is 0 Å². The second kappa shape index (κ2) is 5.30. The van der Waals surface area contributed by atoms with Crippen molar-refractivity contribution >= 4 is 5.78 Å². The number of likely N-dealkylation sites (N-methyl/N-ethyl adjacent to an activating group) is 1. The number of carbonyl (C=O) groups is 1. The van der Waals surface area contributed by atoms with E-state index >= 15 is 0 Å². The van der Waals surface area contributed by atoms with Crippen molar-refractivity contribution in [1.29, 1.82) is 0 Å². The lowest BCUT2D eigenvalue weighted by Crippen LogP contribution is -2.49. The van der Waals surface area contributed by atoms with Gasteiger partial charge in [0, 0.05) is 6.42 Å². The molecule has 0 N–H and O–H groups in total. The van der Waals surface area contributed by atoms with E-state index < -0.39 is 0 Å². The van der Waals surface area contributed by atoms with Gasteiger partial charge in [-0.1, -0.05) is 26.0 Å². The minimum atomic E-state index is -0.359. The average Bonchev–Trinajstić information content (AvgIpc) is 2.04. The third-order valence-electron chi connectivity index (χ3n) is 2.70. The maximum Gasteiger partial charge on any atom is 0.156 e. The van der Waals surface area contributed by atoms with Gasteiger partial charge in [-0.2, -0.15) is 0 Å². The third kappa shape index (κ3) is 3.26. The zero-order valence-electron chi connectivity index (χ0n) is 10.2. The van der Waals surface area contributed by atoms with Crippen LogP contribution >= 0.6 is 0 Å². The van der Waals surface area contributed by atoms with E-state index in [9.17, 15) is 4.79 Å². The largest absolute Gasteiger partial charge is 0.297 e. The Hall–Kier alpha value is -0.630. The van der Waals surface area contributed by atoms with E-state index in [-0.39, 0.29) is 11.3 Å². The van der Waals surface area contributed by atoms with Crippen molar-refractivity contribution in [3.63, 3.8) is 0 Å². The molecule has 0 rings (SSSR count). The van der Waals surface area contributed by atoms with Crippen LogP contribution in [0.2, 0.25) is 0 Å². The summed E-state index contributed by atoms with van der Waals surface area (Å²) >= 11 is 0. The molecule has 0 spiro atoms. The van der Waals surface area contributed by atoms with Crippen molar-refractivity contribution in [3.05, 3.63) is 12.2 Å². The van der Waals surface area contributed by atoms with Gasteiger partial charge in [0.2, 0.25) is 0 Å². The maximum absolute atomic E-state index is 11.9. The van der Waals surface area contributed by atoms with Crippen LogP contribution in [0.4, 0.5) is 0 Å². The minimum Gasteiger partial charge on any atom is -0.297 e. The van der Waals surface area contributed by atoms with E-state index in [1.807, 2.05) is 20.8 Å². The van der Waals surface area contributed by atoms with Gasteiger partial charge in [0.1, 0.15) is 0 Å². The molecule has 0 aliphatic heterocycles. The number of rotatable bonds is 6. The summed E-state index contributed by atoms with van der Waals surface area (Å²) in [5.74, 6) is 0.258. The maximum atomic E-state index is 11.9. The summed E-state index contributed by atoms with van der Waals surface area (Å²) < 4.78 is 0. The zero-order valence-corrected chi connectivity index (χ0v) is 10.2. The van der Waals surface area contributed by atoms with Gasteiger partial charge in [-0.3, -0.25) is 9.69 Å². The highest BCUT2D eigenvalue weighted by Crippen LogP contribution is 2.18. The molecule has 82 valence electrons. The second-order valence-corrected chi connectivity index (χ2v) is 4.29. The highest BCUT2D eigenvalue weighted by atomic mass is 16.1. The van der Waals surface area contributed by atoms with Gasteiger partial charge in [0.05, 0.1) is 5.54 Å². The smallest absolute Gasteiger partial charge is 0.156 e. The molecule has 0 atom stereocenters. The van der Waals surface area contributed by atoms with Crippen LogP contribution in [0.3, 0.4) is 0 Å². The molecule has 0 amide bonds. The summed E-state index contributed by atoms with van der Waals surface area (Å²) in [6.07, 6.45) is 0.490. The Morgan fingerprint density at radius 1 is 1.29 bits per heavy atom. The van der Waals surface area contributed by atoms with E-state index in [0.29, 0.717) is 6.42 Å². The second-order valence-electron chi connectivity index (χ2n) is 4.29. The van der Waals surface area contributed by atoms with Crippen LogP contribution in [-0.2, 0) is 4.79 Å². The molecule has 0 saturated carbocycles. The average molecular weight is 197 g/mol. The van der Waals surface area contributed by atoms with Gasteiger partial charge >= 0.3 is 0 Å². The van der Waals surface area contributed by atoms with E-state index in [2.05, 4.69) is 25.3 Å². The number of Topliss-reactive ketones (excluding diaryl/α,β-unsaturated/α-hetero) is 1. The fourth-order valence-corrected chi connectivity index (χ4v) is 1.68. The summed E-state index contributed by atoms with van der Waals surface area (Å²) in [4.78, 5) is 14.1. The van der Waals surface area contributed by atoms with Crippen LogP contribution in [0.1, 0.15) is 41.0 Å². The lowest BCUT2D eigenvalue weighted by Gasteiger charge is -2.35. The fourth-order valence-electron chi connectivity index (χ4n) is 1.68. The Morgan fingerprint density at radius 3 is 2.00 bits per heavy atom. The number of hydrogen-bond acceptors (Lipinski definition) is 2. The Bertz CT molecular complexity index is 214. The molecule has 0 aromatic rings. The van der Waals surface area contributed by atoms with Crippen LogP contribution in [0.25, 0.3) is 0 Å². The zero-order chi connectivity index (χ0) is 11.4. The first-order valence-corrected chi connectivity index (χ1v) is 5.29. The molecule has 2 heteroatoms. The van der Waals surface area contributed by atoms with Crippen LogP contribution in [-0.4, -0.2) is 29.3 Å². The summed E-state index contributed by atoms with van der Waals surface area (Å²) in [6.45, 7) is 15.6. The highest BCUT2D eigenvalue weighted by molar-refractivity contribution is 5.89. The molecule has 0 heterocycles. The molecule has 0 bridgehead atoms. The van der Waals surface area contributed by atoms with E-state index in [0.717, 1.165) is 18.7 Å². The van der Waals surface area contributed by atoms with Gasteiger partial charge in [0.25, 0.3) is 0 Å². The van der Waals surface area contributed by atoms with Crippen molar-refractivity contribution in [3.8, 4) is 0 Å². The molecule has 0 fully saturated rings. The molecule has 0 aliphatic rings. The van der Waals surface area contributed by atoms with E-state index in [1.165, 1.54) is 0 Å². The third-order valence-corrected chi connectivity index (χ3v) is 2.70. The summed E-state index contributed by atoms with van der Waals surface area (Å²) in [5, 5.41) is 0. The van der Waals surface area contributed by atoms with Crippen molar-refractivity contribution in [2.24, 2.45) is 0 Å². The molecule has 2 nitrogen and oxygen atoms in total. The number of nitrogens with zero attached hydrogens (tertiary/aromatic N) is 1. The topological polar surface area (TPSA) is 20.3 Å². The Balaban J connectivity index is 4.57. The van der Waals surface area contributed by atoms with Gasteiger partial charge in [-0.25, -0.2) is 0 Å². The Morgan fingerprint density at radius 2 is 1.71 bits per heavy atom. The summed E-state index contributed by atoms with van der Waals surface area (Å²) in [7, 11) is 0. The molecular formula is C12H23NO. The first-order valence-electron chi connectivity index (χ1n) is 5.29. The van der Waals surface area contributed by atoms with Crippen LogP contribution < -0.4 is 0 Å². The normalized spacial score (nSPS) is 11.9. The van der Waals surface area contributed by atoms with Gasteiger partial charge < -0.3 is 0 Å². The molecular weight excluding hydrogens is 174 g/mol. The molecule has 0 aromatic carbocycles. The number of allylic oxidation sites excluding steroid dienone is 1. The standard InChI is InChI=1S/C12H23NO/c1-7-13(8-2)12(5,6)11(14)9-10(3)4/h3,7-9H2,1-2,4-6H3. The van der Waals surface area contributed by atoms with Crippen LogP contribution in [0.15, 0.2) is 12.2 Å². The quantitative estimate of drug-likeness (QED) is 0.610. The lowest BCUT2D eigenvalue weighted by atomic mass is 9.92. The molecule has 14 heavy (non-hydrogen) atoms. The lowest BCUT2D eigenvalue weighted by molar-refractivity contribution is -0.128. The number of ketones is 1. The van der Waals surface area contributed by atoms with Crippen LogP contribution in [0.5, 0.6) is 0 Å².